The lowest BCUT2D eigenvalue weighted by Crippen LogP contribution is -2.38. The van der Waals surface area contributed by atoms with Gasteiger partial charge in [0.2, 0.25) is 0 Å². The molecule has 1 aromatic rings. The smallest absolute Gasteiger partial charge is 0.251 e. The van der Waals surface area contributed by atoms with Gasteiger partial charge < -0.3 is 15.8 Å². The lowest BCUT2D eigenvalue weighted by Gasteiger charge is -2.18. The van der Waals surface area contributed by atoms with Gasteiger partial charge in [0, 0.05) is 22.8 Å². The van der Waals surface area contributed by atoms with Gasteiger partial charge in [0.05, 0.1) is 12.6 Å². The molecule has 1 aromatic carbocycles. The van der Waals surface area contributed by atoms with Gasteiger partial charge in [-0.1, -0.05) is 29.3 Å². The van der Waals surface area contributed by atoms with Crippen molar-refractivity contribution in [3.63, 3.8) is 0 Å². The summed E-state index contributed by atoms with van der Waals surface area (Å²) in [6.07, 6.45) is 1.88. The Balaban J connectivity index is 2.87. The van der Waals surface area contributed by atoms with Crippen LogP contribution in [-0.2, 0) is 4.74 Å². The number of benzene rings is 1. The zero-order valence-corrected chi connectivity index (χ0v) is 13.2. The number of nitrogens with one attached hydrogen (secondary N) is 1. The highest BCUT2D eigenvalue weighted by atomic mass is 79.9. The number of hydrogen-bond donors (Lipinski definition) is 2. The number of carbonyl (C=O) groups excluding carboxylic acids is 1. The summed E-state index contributed by atoms with van der Waals surface area (Å²) < 4.78 is 5.93. The van der Waals surface area contributed by atoms with E-state index in [1.165, 1.54) is 0 Å². The van der Waals surface area contributed by atoms with Crippen molar-refractivity contribution in [1.82, 2.24) is 5.32 Å². The normalized spacial score (nSPS) is 12.2. The third-order valence-electron chi connectivity index (χ3n) is 3.00. The number of amides is 1. The molecule has 0 aliphatic rings. The second-order valence-electron chi connectivity index (χ2n) is 4.58. The minimum atomic E-state index is -0.110. The lowest BCUT2D eigenvalue weighted by molar-refractivity contribution is 0.0891. The van der Waals surface area contributed by atoms with E-state index in [-0.39, 0.29) is 11.9 Å². The van der Waals surface area contributed by atoms with Crippen molar-refractivity contribution in [2.24, 2.45) is 0 Å². The van der Waals surface area contributed by atoms with Crippen molar-refractivity contribution in [2.45, 2.75) is 32.7 Å². The first-order valence-electron chi connectivity index (χ1n) is 6.35. The second kappa shape index (κ2) is 7.50. The molecule has 0 spiro atoms. The molecule has 106 valence electrons. The molecule has 1 rings (SSSR count). The van der Waals surface area contributed by atoms with Crippen LogP contribution in [-0.4, -0.2) is 25.7 Å². The van der Waals surface area contributed by atoms with Crippen molar-refractivity contribution in [1.29, 1.82) is 0 Å². The monoisotopic (exact) mass is 328 g/mol. The molecule has 0 saturated heterocycles. The number of nitrogen functional groups attached to an aromatic ring is 1. The molecular weight excluding hydrogens is 308 g/mol. The van der Waals surface area contributed by atoms with Crippen LogP contribution in [0.4, 0.5) is 5.69 Å². The quantitative estimate of drug-likeness (QED) is 0.789. The summed E-state index contributed by atoms with van der Waals surface area (Å²) in [5, 5.41) is 2.99. The molecule has 1 atom stereocenters. The molecule has 0 aliphatic carbocycles. The highest BCUT2D eigenvalue weighted by Gasteiger charge is 2.16. The molecule has 0 aliphatic heterocycles. The average molecular weight is 329 g/mol. The number of halogens is 1. The van der Waals surface area contributed by atoms with E-state index in [1.54, 1.807) is 19.2 Å². The topological polar surface area (TPSA) is 64.3 Å². The van der Waals surface area contributed by atoms with Crippen LogP contribution in [0.2, 0.25) is 0 Å². The third-order valence-corrected chi connectivity index (χ3v) is 3.46. The van der Waals surface area contributed by atoms with E-state index in [2.05, 4.69) is 28.2 Å². The van der Waals surface area contributed by atoms with Gasteiger partial charge in [-0.25, -0.2) is 0 Å². The van der Waals surface area contributed by atoms with Crippen molar-refractivity contribution in [3.8, 4) is 0 Å². The van der Waals surface area contributed by atoms with Gasteiger partial charge >= 0.3 is 0 Å². The molecule has 1 unspecified atom stereocenters. The van der Waals surface area contributed by atoms with Gasteiger partial charge in [-0.15, -0.1) is 0 Å². The Morgan fingerprint density at radius 2 is 2.21 bits per heavy atom. The molecule has 0 bridgehead atoms. The predicted molar refractivity (Wildman–Crippen MR) is 81.3 cm³/mol. The van der Waals surface area contributed by atoms with Gasteiger partial charge in [0.15, 0.2) is 0 Å². The van der Waals surface area contributed by atoms with E-state index in [9.17, 15) is 4.79 Å². The second-order valence-corrected chi connectivity index (χ2v) is 5.50. The first-order valence-corrected chi connectivity index (χ1v) is 7.14. The molecule has 0 radical (unpaired) electrons. The van der Waals surface area contributed by atoms with E-state index in [0.717, 1.165) is 22.9 Å². The Morgan fingerprint density at radius 1 is 1.53 bits per heavy atom. The number of anilines is 1. The van der Waals surface area contributed by atoms with Crippen LogP contribution in [0.5, 0.6) is 0 Å². The predicted octanol–water partition coefficient (Wildman–Crippen LogP) is 2.88. The van der Waals surface area contributed by atoms with Crippen LogP contribution in [0.1, 0.15) is 35.7 Å². The molecule has 0 fully saturated rings. The van der Waals surface area contributed by atoms with Crippen molar-refractivity contribution < 1.29 is 9.53 Å². The molecule has 0 saturated carbocycles. The first kappa shape index (κ1) is 16.0. The van der Waals surface area contributed by atoms with E-state index >= 15 is 0 Å². The van der Waals surface area contributed by atoms with E-state index in [1.807, 2.05) is 6.92 Å². The molecule has 1 amide bonds. The number of carbonyl (C=O) groups is 1. The minimum Gasteiger partial charge on any atom is -0.398 e. The summed E-state index contributed by atoms with van der Waals surface area (Å²) in [4.78, 5) is 12.3. The van der Waals surface area contributed by atoms with Crippen LogP contribution in [0.15, 0.2) is 16.6 Å². The molecule has 5 heteroatoms. The van der Waals surface area contributed by atoms with E-state index in [0.29, 0.717) is 17.9 Å². The van der Waals surface area contributed by atoms with Crippen molar-refractivity contribution in [3.05, 3.63) is 27.7 Å². The van der Waals surface area contributed by atoms with Crippen molar-refractivity contribution >= 4 is 27.5 Å². The van der Waals surface area contributed by atoms with Gasteiger partial charge in [0.1, 0.15) is 0 Å². The Kier molecular flexibility index (Phi) is 6.31. The number of rotatable bonds is 6. The maximum atomic E-state index is 12.3. The highest BCUT2D eigenvalue weighted by Crippen LogP contribution is 2.22. The molecule has 0 heterocycles. The van der Waals surface area contributed by atoms with Gasteiger partial charge in [-0.05, 0) is 31.0 Å². The van der Waals surface area contributed by atoms with Crippen LogP contribution in [0.25, 0.3) is 0 Å². The van der Waals surface area contributed by atoms with Crippen LogP contribution < -0.4 is 11.1 Å². The molecule has 3 N–H and O–H groups in total. The standard InChI is InChI=1S/C14H21BrN2O2/c1-4-5-11(8-19-3)17-14(18)12-6-10(15)7-13(16)9(12)2/h6-7,11H,4-5,8,16H2,1-3H3,(H,17,18). The van der Waals surface area contributed by atoms with Gasteiger partial charge in [-0.2, -0.15) is 0 Å². The summed E-state index contributed by atoms with van der Waals surface area (Å²) in [5.41, 5.74) is 7.88. The highest BCUT2D eigenvalue weighted by molar-refractivity contribution is 9.10. The summed E-state index contributed by atoms with van der Waals surface area (Å²) in [7, 11) is 1.64. The SMILES string of the molecule is CCCC(COC)NC(=O)c1cc(Br)cc(N)c1C. The first-order chi connectivity index (χ1) is 8.99. The number of ether oxygens (including phenoxy) is 1. The third kappa shape index (κ3) is 4.51. The Hall–Kier alpha value is -1.07. The zero-order chi connectivity index (χ0) is 14.4. The van der Waals surface area contributed by atoms with Crippen LogP contribution in [0, 0.1) is 6.92 Å². The Bertz CT molecular complexity index is 443. The van der Waals surface area contributed by atoms with E-state index < -0.39 is 0 Å². The molecule has 4 nitrogen and oxygen atoms in total. The number of methoxy groups -OCH3 is 1. The Morgan fingerprint density at radius 3 is 2.79 bits per heavy atom. The fourth-order valence-electron chi connectivity index (χ4n) is 1.95. The van der Waals surface area contributed by atoms with Crippen LogP contribution in [0.3, 0.4) is 0 Å². The lowest BCUT2D eigenvalue weighted by atomic mass is 10.1. The maximum Gasteiger partial charge on any atom is 0.251 e. The average Bonchev–Trinajstić information content (AvgIpc) is 2.34. The van der Waals surface area contributed by atoms with Gasteiger partial charge in [0.25, 0.3) is 5.91 Å². The van der Waals surface area contributed by atoms with Crippen molar-refractivity contribution in [2.75, 3.05) is 19.5 Å². The minimum absolute atomic E-state index is 0.0297. The van der Waals surface area contributed by atoms with Gasteiger partial charge in [-0.3, -0.25) is 4.79 Å². The largest absolute Gasteiger partial charge is 0.398 e. The maximum absolute atomic E-state index is 12.3. The molecular formula is C14H21BrN2O2. The fourth-order valence-corrected chi connectivity index (χ4v) is 2.42. The van der Waals surface area contributed by atoms with E-state index in [4.69, 9.17) is 10.5 Å². The number of nitrogens with two attached hydrogens (primary N) is 1. The molecule has 0 aromatic heterocycles. The number of hydrogen-bond acceptors (Lipinski definition) is 3. The summed E-state index contributed by atoms with van der Waals surface area (Å²) in [6, 6.07) is 3.61. The summed E-state index contributed by atoms with van der Waals surface area (Å²) >= 11 is 3.36. The van der Waals surface area contributed by atoms with Crippen LogP contribution >= 0.6 is 15.9 Å². The Labute approximate surface area is 122 Å². The molecule has 19 heavy (non-hydrogen) atoms. The summed E-state index contributed by atoms with van der Waals surface area (Å²) in [5.74, 6) is -0.110. The fraction of sp³-hybridized carbons (Fsp3) is 0.500. The summed E-state index contributed by atoms with van der Waals surface area (Å²) in [6.45, 7) is 4.45. The zero-order valence-electron chi connectivity index (χ0n) is 11.6.